The van der Waals surface area contributed by atoms with Crippen molar-refractivity contribution in [3.8, 4) is 0 Å². The third kappa shape index (κ3) is 3.53. The Kier molecular flexibility index (Phi) is 4.46. The third-order valence-electron chi connectivity index (χ3n) is 4.15. The maximum Gasteiger partial charge on any atom is 0.416 e. The van der Waals surface area contributed by atoms with Gasteiger partial charge in [0, 0.05) is 37.4 Å². The molecule has 0 spiro atoms. The summed E-state index contributed by atoms with van der Waals surface area (Å²) in [4.78, 5) is 16.1. The van der Waals surface area contributed by atoms with Crippen LogP contribution in [0.5, 0.6) is 0 Å². The number of amides is 1. The lowest BCUT2D eigenvalue weighted by atomic mass is 10.1. The van der Waals surface area contributed by atoms with Crippen LogP contribution < -0.4 is 4.90 Å². The Morgan fingerprint density at radius 1 is 0.833 bits per heavy atom. The van der Waals surface area contributed by atoms with Gasteiger partial charge in [0.05, 0.1) is 5.56 Å². The molecule has 0 saturated carbocycles. The van der Waals surface area contributed by atoms with Gasteiger partial charge in [-0.2, -0.15) is 13.2 Å². The van der Waals surface area contributed by atoms with Crippen LogP contribution in [0.15, 0.2) is 54.6 Å². The zero-order valence-corrected chi connectivity index (χ0v) is 13.0. The summed E-state index contributed by atoms with van der Waals surface area (Å²) < 4.78 is 37.8. The van der Waals surface area contributed by atoms with Crippen LogP contribution in [0.4, 0.5) is 18.9 Å². The van der Waals surface area contributed by atoms with Gasteiger partial charge in [0.1, 0.15) is 0 Å². The second-order valence-corrected chi connectivity index (χ2v) is 5.69. The summed E-state index contributed by atoms with van der Waals surface area (Å²) in [5.74, 6) is -0.0114. The van der Waals surface area contributed by atoms with Crippen molar-refractivity contribution < 1.29 is 18.0 Å². The first kappa shape index (κ1) is 16.4. The molecule has 24 heavy (non-hydrogen) atoms. The quantitative estimate of drug-likeness (QED) is 0.837. The second kappa shape index (κ2) is 6.55. The van der Waals surface area contributed by atoms with Gasteiger partial charge < -0.3 is 9.80 Å². The topological polar surface area (TPSA) is 23.6 Å². The molecule has 0 unspecified atom stereocenters. The van der Waals surface area contributed by atoms with E-state index in [1.54, 1.807) is 17.0 Å². The molecule has 0 N–H and O–H groups in total. The normalized spacial score (nSPS) is 15.5. The standard InChI is InChI=1S/C18H17F3N2O/c19-18(20,21)15-6-8-16(9-7-15)22-10-12-23(13-11-22)17(24)14-4-2-1-3-5-14/h1-9H,10-13H2. The minimum absolute atomic E-state index is 0.0114. The van der Waals surface area contributed by atoms with Gasteiger partial charge in [-0.1, -0.05) is 18.2 Å². The lowest BCUT2D eigenvalue weighted by molar-refractivity contribution is -0.137. The second-order valence-electron chi connectivity index (χ2n) is 5.69. The molecular formula is C18H17F3N2O. The van der Waals surface area contributed by atoms with E-state index >= 15 is 0 Å². The number of halogens is 3. The molecule has 0 aliphatic carbocycles. The van der Waals surface area contributed by atoms with Crippen molar-refractivity contribution in [1.82, 2.24) is 4.90 Å². The fourth-order valence-electron chi connectivity index (χ4n) is 2.79. The number of hydrogen-bond donors (Lipinski definition) is 0. The van der Waals surface area contributed by atoms with Crippen LogP contribution in [0, 0.1) is 0 Å². The van der Waals surface area contributed by atoms with Gasteiger partial charge in [-0.25, -0.2) is 0 Å². The number of carbonyl (C=O) groups is 1. The zero-order chi connectivity index (χ0) is 17.2. The van der Waals surface area contributed by atoms with Crippen LogP contribution in [0.2, 0.25) is 0 Å². The van der Waals surface area contributed by atoms with Crippen LogP contribution in [0.25, 0.3) is 0 Å². The highest BCUT2D eigenvalue weighted by Gasteiger charge is 2.30. The summed E-state index contributed by atoms with van der Waals surface area (Å²) in [5.41, 5.74) is 0.749. The number of benzene rings is 2. The van der Waals surface area contributed by atoms with E-state index in [2.05, 4.69) is 0 Å². The number of carbonyl (C=O) groups excluding carboxylic acids is 1. The summed E-state index contributed by atoms with van der Waals surface area (Å²) in [7, 11) is 0. The molecule has 1 heterocycles. The van der Waals surface area contributed by atoms with E-state index in [0.717, 1.165) is 17.8 Å². The first-order valence-corrected chi connectivity index (χ1v) is 7.72. The molecule has 0 atom stereocenters. The molecule has 0 bridgehead atoms. The Balaban J connectivity index is 1.62. The molecular weight excluding hydrogens is 317 g/mol. The Bertz CT molecular complexity index is 690. The third-order valence-corrected chi connectivity index (χ3v) is 4.15. The van der Waals surface area contributed by atoms with Gasteiger partial charge in [0.15, 0.2) is 0 Å². The number of piperazine rings is 1. The van der Waals surface area contributed by atoms with E-state index < -0.39 is 11.7 Å². The Morgan fingerprint density at radius 3 is 1.96 bits per heavy atom. The molecule has 1 fully saturated rings. The van der Waals surface area contributed by atoms with E-state index in [1.807, 2.05) is 23.1 Å². The molecule has 1 amide bonds. The van der Waals surface area contributed by atoms with Crippen molar-refractivity contribution >= 4 is 11.6 Å². The van der Waals surface area contributed by atoms with Gasteiger partial charge in [0.25, 0.3) is 5.91 Å². The average Bonchev–Trinajstić information content (AvgIpc) is 2.61. The largest absolute Gasteiger partial charge is 0.416 e. The van der Waals surface area contributed by atoms with Crippen LogP contribution in [0.3, 0.4) is 0 Å². The lowest BCUT2D eigenvalue weighted by Gasteiger charge is -2.36. The molecule has 3 nitrogen and oxygen atoms in total. The molecule has 1 aliphatic rings. The highest BCUT2D eigenvalue weighted by atomic mass is 19.4. The molecule has 6 heteroatoms. The van der Waals surface area contributed by atoms with Crippen LogP contribution in [-0.2, 0) is 6.18 Å². The Labute approximate surface area is 138 Å². The van der Waals surface area contributed by atoms with Gasteiger partial charge in [-0.3, -0.25) is 4.79 Å². The smallest absolute Gasteiger partial charge is 0.368 e. The van der Waals surface area contributed by atoms with E-state index in [4.69, 9.17) is 0 Å². The number of nitrogens with zero attached hydrogens (tertiary/aromatic N) is 2. The van der Waals surface area contributed by atoms with E-state index in [9.17, 15) is 18.0 Å². The number of alkyl halides is 3. The SMILES string of the molecule is O=C(c1ccccc1)N1CCN(c2ccc(C(F)(F)F)cc2)CC1. The molecule has 1 saturated heterocycles. The summed E-state index contributed by atoms with van der Waals surface area (Å²) >= 11 is 0. The Morgan fingerprint density at radius 2 is 1.42 bits per heavy atom. The minimum Gasteiger partial charge on any atom is -0.368 e. The highest BCUT2D eigenvalue weighted by Crippen LogP contribution is 2.30. The summed E-state index contributed by atoms with van der Waals surface area (Å²) in [6.07, 6.45) is -4.32. The minimum atomic E-state index is -4.32. The van der Waals surface area contributed by atoms with Gasteiger partial charge in [-0.05, 0) is 36.4 Å². The predicted molar refractivity (Wildman–Crippen MR) is 86.0 cm³/mol. The predicted octanol–water partition coefficient (Wildman–Crippen LogP) is 3.67. The Hall–Kier alpha value is -2.50. The van der Waals surface area contributed by atoms with Crippen molar-refractivity contribution in [3.63, 3.8) is 0 Å². The average molecular weight is 334 g/mol. The molecule has 2 aromatic carbocycles. The first-order valence-electron chi connectivity index (χ1n) is 7.72. The maximum absolute atomic E-state index is 12.6. The van der Waals surface area contributed by atoms with Gasteiger partial charge in [-0.15, -0.1) is 0 Å². The summed E-state index contributed by atoms with van der Waals surface area (Å²) in [6.45, 7) is 2.30. The van der Waals surface area contributed by atoms with Crippen molar-refractivity contribution in [1.29, 1.82) is 0 Å². The summed E-state index contributed by atoms with van der Waals surface area (Å²) in [5, 5.41) is 0. The van der Waals surface area contributed by atoms with Crippen molar-refractivity contribution in [3.05, 3.63) is 65.7 Å². The first-order chi connectivity index (χ1) is 11.4. The number of hydrogen-bond acceptors (Lipinski definition) is 2. The van der Waals surface area contributed by atoms with Crippen molar-refractivity contribution in [2.75, 3.05) is 31.1 Å². The van der Waals surface area contributed by atoms with Crippen LogP contribution in [-0.4, -0.2) is 37.0 Å². The molecule has 1 aliphatic heterocycles. The fraction of sp³-hybridized carbons (Fsp3) is 0.278. The van der Waals surface area contributed by atoms with Crippen LogP contribution in [0.1, 0.15) is 15.9 Å². The fourth-order valence-corrected chi connectivity index (χ4v) is 2.79. The maximum atomic E-state index is 12.6. The molecule has 0 aromatic heterocycles. The zero-order valence-electron chi connectivity index (χ0n) is 13.0. The molecule has 126 valence electrons. The summed E-state index contributed by atoms with van der Waals surface area (Å²) in [6, 6.07) is 14.2. The molecule has 3 rings (SSSR count). The molecule has 2 aromatic rings. The van der Waals surface area contributed by atoms with E-state index in [0.29, 0.717) is 31.7 Å². The van der Waals surface area contributed by atoms with Crippen molar-refractivity contribution in [2.45, 2.75) is 6.18 Å². The van der Waals surface area contributed by atoms with Crippen molar-refractivity contribution in [2.24, 2.45) is 0 Å². The van der Waals surface area contributed by atoms with Crippen LogP contribution >= 0.6 is 0 Å². The van der Waals surface area contributed by atoms with Gasteiger partial charge in [0.2, 0.25) is 0 Å². The van der Waals surface area contributed by atoms with E-state index in [1.165, 1.54) is 12.1 Å². The monoisotopic (exact) mass is 334 g/mol. The highest BCUT2D eigenvalue weighted by molar-refractivity contribution is 5.94. The lowest BCUT2D eigenvalue weighted by Crippen LogP contribution is -2.48. The van der Waals surface area contributed by atoms with E-state index in [-0.39, 0.29) is 5.91 Å². The van der Waals surface area contributed by atoms with Gasteiger partial charge >= 0.3 is 6.18 Å². The molecule has 0 radical (unpaired) electrons. The number of rotatable bonds is 2. The number of anilines is 1.